The fourth-order valence-electron chi connectivity index (χ4n) is 2.92. The zero-order valence-electron chi connectivity index (χ0n) is 13.4. The molecule has 0 amide bonds. The molecular weight excluding hydrogens is 310 g/mol. The van der Waals surface area contributed by atoms with E-state index in [1.54, 1.807) is 20.0 Å². The Hall–Kier alpha value is -1.88. The normalized spacial score (nSPS) is 17.3. The van der Waals surface area contributed by atoms with Crippen LogP contribution in [0.3, 0.4) is 0 Å². The first-order valence-corrected chi connectivity index (χ1v) is 9.58. The quantitative estimate of drug-likeness (QED) is 0.842. The summed E-state index contributed by atoms with van der Waals surface area (Å²) in [7, 11) is -3.00. The van der Waals surface area contributed by atoms with Gasteiger partial charge in [-0.3, -0.25) is 0 Å². The van der Waals surface area contributed by atoms with Gasteiger partial charge in [-0.25, -0.2) is 13.4 Å². The average Bonchev–Trinajstić information content (AvgIpc) is 2.88. The number of ether oxygens (including phenoxy) is 1. The van der Waals surface area contributed by atoms with Crippen LogP contribution in [0.2, 0.25) is 0 Å². The Morgan fingerprint density at radius 1 is 1.17 bits per heavy atom. The van der Waals surface area contributed by atoms with Crippen LogP contribution in [0.4, 0.5) is 0 Å². The van der Waals surface area contributed by atoms with Gasteiger partial charge in [-0.1, -0.05) is 12.1 Å². The second kappa shape index (κ2) is 6.32. The summed E-state index contributed by atoms with van der Waals surface area (Å²) in [5.41, 5.74) is 2.41. The summed E-state index contributed by atoms with van der Waals surface area (Å²) in [6, 6.07) is 11.5. The zero-order chi connectivity index (χ0) is 16.4. The standard InChI is InChI=1S/C18H21NO3S/c1-13(2)23(20,21)12-14-9-15-6-7-17(11-16(15)10-14)22-18-5-3-4-8-19-18/h3-8,11,13-14H,9-10,12H2,1-2H3/t14-/m0/s1. The third kappa shape index (κ3) is 3.72. The molecule has 122 valence electrons. The molecule has 0 unspecified atom stereocenters. The summed E-state index contributed by atoms with van der Waals surface area (Å²) in [6.45, 7) is 3.49. The molecule has 1 aromatic heterocycles. The van der Waals surface area contributed by atoms with Gasteiger partial charge in [0.1, 0.15) is 5.75 Å². The molecule has 1 atom stereocenters. The SMILES string of the molecule is CC(C)S(=O)(=O)C[C@H]1Cc2ccc(Oc3ccccn3)cc2C1. The third-order valence-electron chi connectivity index (χ3n) is 4.24. The summed E-state index contributed by atoms with van der Waals surface area (Å²) in [4.78, 5) is 4.15. The van der Waals surface area contributed by atoms with E-state index in [4.69, 9.17) is 4.74 Å². The van der Waals surface area contributed by atoms with E-state index in [0.717, 1.165) is 18.6 Å². The van der Waals surface area contributed by atoms with Gasteiger partial charge in [-0.05, 0) is 61.9 Å². The maximum atomic E-state index is 12.1. The van der Waals surface area contributed by atoms with E-state index in [9.17, 15) is 8.42 Å². The largest absolute Gasteiger partial charge is 0.439 e. The predicted octanol–water partition coefficient (Wildman–Crippen LogP) is 3.41. The van der Waals surface area contributed by atoms with Crippen molar-refractivity contribution in [3.63, 3.8) is 0 Å². The van der Waals surface area contributed by atoms with E-state index in [1.165, 1.54) is 11.1 Å². The molecule has 0 saturated heterocycles. The van der Waals surface area contributed by atoms with E-state index in [1.807, 2.05) is 36.4 Å². The van der Waals surface area contributed by atoms with Gasteiger partial charge in [0.25, 0.3) is 0 Å². The molecule has 1 aliphatic rings. The summed E-state index contributed by atoms with van der Waals surface area (Å²) >= 11 is 0. The highest BCUT2D eigenvalue weighted by Gasteiger charge is 2.28. The van der Waals surface area contributed by atoms with Crippen molar-refractivity contribution in [2.24, 2.45) is 5.92 Å². The molecule has 1 heterocycles. The van der Waals surface area contributed by atoms with Gasteiger partial charge in [0.15, 0.2) is 9.84 Å². The minimum absolute atomic E-state index is 0.169. The number of rotatable bonds is 5. The van der Waals surface area contributed by atoms with Gasteiger partial charge in [0.05, 0.1) is 11.0 Å². The molecule has 1 aliphatic carbocycles. The number of sulfone groups is 1. The van der Waals surface area contributed by atoms with Gasteiger partial charge in [0.2, 0.25) is 5.88 Å². The van der Waals surface area contributed by atoms with Crippen LogP contribution in [0, 0.1) is 5.92 Å². The van der Waals surface area contributed by atoms with Crippen LogP contribution in [0.15, 0.2) is 42.6 Å². The van der Waals surface area contributed by atoms with E-state index in [-0.39, 0.29) is 16.9 Å². The van der Waals surface area contributed by atoms with Gasteiger partial charge in [-0.2, -0.15) is 0 Å². The lowest BCUT2D eigenvalue weighted by Gasteiger charge is -2.12. The number of benzene rings is 1. The average molecular weight is 331 g/mol. The Balaban J connectivity index is 1.71. The highest BCUT2D eigenvalue weighted by Crippen LogP contribution is 2.32. The molecule has 4 nitrogen and oxygen atoms in total. The van der Waals surface area contributed by atoms with Crippen LogP contribution in [-0.4, -0.2) is 24.4 Å². The highest BCUT2D eigenvalue weighted by atomic mass is 32.2. The molecule has 23 heavy (non-hydrogen) atoms. The van der Waals surface area contributed by atoms with E-state index >= 15 is 0 Å². The molecule has 0 aliphatic heterocycles. The second-order valence-electron chi connectivity index (χ2n) is 6.35. The molecule has 0 radical (unpaired) electrons. The summed E-state index contributed by atoms with van der Waals surface area (Å²) < 4.78 is 30.0. The van der Waals surface area contributed by atoms with Crippen LogP contribution in [0.1, 0.15) is 25.0 Å². The number of pyridine rings is 1. The molecule has 0 saturated carbocycles. The lowest BCUT2D eigenvalue weighted by atomic mass is 10.1. The van der Waals surface area contributed by atoms with Crippen LogP contribution in [0.25, 0.3) is 0 Å². The maximum absolute atomic E-state index is 12.1. The van der Waals surface area contributed by atoms with E-state index in [2.05, 4.69) is 4.98 Å². The van der Waals surface area contributed by atoms with Crippen molar-refractivity contribution >= 4 is 9.84 Å². The number of nitrogens with zero attached hydrogens (tertiary/aromatic N) is 1. The molecule has 0 bridgehead atoms. The van der Waals surface area contributed by atoms with Gasteiger partial charge >= 0.3 is 0 Å². The Kier molecular flexibility index (Phi) is 4.39. The summed E-state index contributed by atoms with van der Waals surface area (Å²) in [5.74, 6) is 1.73. The minimum Gasteiger partial charge on any atom is -0.439 e. The number of hydrogen-bond acceptors (Lipinski definition) is 4. The van der Waals surface area contributed by atoms with E-state index in [0.29, 0.717) is 5.88 Å². The molecule has 3 rings (SSSR count). The van der Waals surface area contributed by atoms with Crippen LogP contribution in [-0.2, 0) is 22.7 Å². The fraction of sp³-hybridized carbons (Fsp3) is 0.389. The summed E-state index contributed by atoms with van der Waals surface area (Å²) in [6.07, 6.45) is 3.31. The van der Waals surface area contributed by atoms with Gasteiger partial charge < -0.3 is 4.74 Å². The lowest BCUT2D eigenvalue weighted by Crippen LogP contribution is -2.23. The molecular formula is C18H21NO3S. The Morgan fingerprint density at radius 3 is 2.65 bits per heavy atom. The molecule has 0 N–H and O–H groups in total. The second-order valence-corrected chi connectivity index (χ2v) is 8.95. The van der Waals surface area contributed by atoms with Crippen molar-refractivity contribution < 1.29 is 13.2 Å². The molecule has 2 aromatic rings. The minimum atomic E-state index is -3.00. The van der Waals surface area contributed by atoms with Crippen molar-refractivity contribution in [1.29, 1.82) is 0 Å². The molecule has 1 aromatic carbocycles. The third-order valence-corrected chi connectivity index (χ3v) is 6.61. The van der Waals surface area contributed by atoms with Crippen molar-refractivity contribution in [2.45, 2.75) is 31.9 Å². The number of hydrogen-bond donors (Lipinski definition) is 0. The van der Waals surface area contributed by atoms with Crippen molar-refractivity contribution in [3.8, 4) is 11.6 Å². The molecule has 0 spiro atoms. The zero-order valence-corrected chi connectivity index (χ0v) is 14.2. The molecule has 5 heteroatoms. The smallest absolute Gasteiger partial charge is 0.219 e. The fourth-order valence-corrected chi connectivity index (χ4v) is 4.19. The first kappa shape index (κ1) is 16.0. The lowest BCUT2D eigenvalue weighted by molar-refractivity contribution is 0.462. The Labute approximate surface area is 137 Å². The van der Waals surface area contributed by atoms with Gasteiger partial charge in [0, 0.05) is 12.3 Å². The first-order valence-electron chi connectivity index (χ1n) is 7.86. The topological polar surface area (TPSA) is 56.3 Å². The van der Waals surface area contributed by atoms with Gasteiger partial charge in [-0.15, -0.1) is 0 Å². The first-order chi connectivity index (χ1) is 10.9. The predicted molar refractivity (Wildman–Crippen MR) is 90.6 cm³/mol. The Morgan fingerprint density at radius 2 is 1.96 bits per heavy atom. The number of fused-ring (bicyclic) bond motifs is 1. The van der Waals surface area contributed by atoms with Crippen LogP contribution < -0.4 is 4.74 Å². The summed E-state index contributed by atoms with van der Waals surface area (Å²) in [5, 5.41) is -0.311. The molecule has 0 fully saturated rings. The monoisotopic (exact) mass is 331 g/mol. The van der Waals surface area contributed by atoms with Crippen LogP contribution >= 0.6 is 0 Å². The van der Waals surface area contributed by atoms with E-state index < -0.39 is 9.84 Å². The van der Waals surface area contributed by atoms with Crippen molar-refractivity contribution in [3.05, 3.63) is 53.7 Å². The van der Waals surface area contributed by atoms with Crippen LogP contribution in [0.5, 0.6) is 11.6 Å². The van der Waals surface area contributed by atoms with Crippen molar-refractivity contribution in [2.75, 3.05) is 5.75 Å². The highest BCUT2D eigenvalue weighted by molar-refractivity contribution is 7.91. The Bertz CT molecular complexity index is 785. The van der Waals surface area contributed by atoms with Crippen molar-refractivity contribution in [1.82, 2.24) is 4.98 Å². The number of aromatic nitrogens is 1. The maximum Gasteiger partial charge on any atom is 0.219 e.